The molecular weight excluding hydrogens is 238 g/mol. The zero-order valence-electron chi connectivity index (χ0n) is 9.50. The Labute approximate surface area is 99.4 Å². The molecule has 2 aromatic heterocycles. The SMILES string of the molecule is Cn1c(C2CCS(=O)(=O)C2)nc2cccnc21. The molecule has 5 nitrogen and oxygen atoms in total. The molecule has 6 heteroatoms. The van der Waals surface area contributed by atoms with Crippen LogP contribution >= 0.6 is 0 Å². The highest BCUT2D eigenvalue weighted by Gasteiger charge is 2.32. The van der Waals surface area contributed by atoms with Crippen molar-refractivity contribution in [3.8, 4) is 0 Å². The van der Waals surface area contributed by atoms with Gasteiger partial charge in [0.05, 0.1) is 11.5 Å². The predicted octanol–water partition coefficient (Wildman–Crippen LogP) is 0.870. The van der Waals surface area contributed by atoms with Crippen molar-refractivity contribution < 1.29 is 8.42 Å². The van der Waals surface area contributed by atoms with Crippen molar-refractivity contribution in [2.75, 3.05) is 11.5 Å². The lowest BCUT2D eigenvalue weighted by Gasteiger charge is -2.06. The van der Waals surface area contributed by atoms with E-state index >= 15 is 0 Å². The molecular formula is C11H13N3O2S. The Morgan fingerprint density at radius 3 is 2.94 bits per heavy atom. The van der Waals surface area contributed by atoms with Crippen molar-refractivity contribution in [1.82, 2.24) is 14.5 Å². The van der Waals surface area contributed by atoms with Crippen LogP contribution in [0, 0.1) is 0 Å². The van der Waals surface area contributed by atoms with Gasteiger partial charge in [-0.25, -0.2) is 18.4 Å². The van der Waals surface area contributed by atoms with Crippen molar-refractivity contribution in [3.05, 3.63) is 24.2 Å². The smallest absolute Gasteiger partial charge is 0.159 e. The zero-order chi connectivity index (χ0) is 12.0. The van der Waals surface area contributed by atoms with Crippen LogP contribution in [0.25, 0.3) is 11.2 Å². The molecule has 1 unspecified atom stereocenters. The summed E-state index contributed by atoms with van der Waals surface area (Å²) in [6, 6.07) is 3.74. The van der Waals surface area contributed by atoms with Gasteiger partial charge in [-0.1, -0.05) is 0 Å². The van der Waals surface area contributed by atoms with Crippen LogP contribution in [-0.2, 0) is 16.9 Å². The third kappa shape index (κ3) is 1.72. The number of hydrogen-bond donors (Lipinski definition) is 0. The first kappa shape index (κ1) is 10.7. The molecule has 0 radical (unpaired) electrons. The van der Waals surface area contributed by atoms with Crippen LogP contribution in [0.4, 0.5) is 0 Å². The normalized spacial score (nSPS) is 23.2. The largest absolute Gasteiger partial charge is 0.316 e. The molecule has 0 aliphatic carbocycles. The van der Waals surface area contributed by atoms with E-state index in [1.807, 2.05) is 23.7 Å². The number of sulfone groups is 1. The first-order chi connectivity index (χ1) is 8.07. The fraction of sp³-hybridized carbons (Fsp3) is 0.455. The van der Waals surface area contributed by atoms with E-state index in [4.69, 9.17) is 0 Å². The Bertz CT molecular complexity index is 675. The average molecular weight is 251 g/mol. The van der Waals surface area contributed by atoms with Crippen molar-refractivity contribution in [3.63, 3.8) is 0 Å². The molecule has 0 bridgehead atoms. The Balaban J connectivity index is 2.10. The molecule has 1 aliphatic heterocycles. The summed E-state index contributed by atoms with van der Waals surface area (Å²) < 4.78 is 24.9. The Hall–Kier alpha value is -1.43. The summed E-state index contributed by atoms with van der Waals surface area (Å²) in [5.41, 5.74) is 1.64. The number of pyridine rings is 1. The van der Waals surface area contributed by atoms with E-state index in [0.717, 1.165) is 17.0 Å². The minimum atomic E-state index is -2.87. The second-order valence-electron chi connectivity index (χ2n) is 4.48. The van der Waals surface area contributed by atoms with Gasteiger partial charge in [0.1, 0.15) is 11.3 Å². The topological polar surface area (TPSA) is 64.8 Å². The lowest BCUT2D eigenvalue weighted by atomic mass is 10.1. The number of imidazole rings is 1. The third-order valence-corrected chi connectivity index (χ3v) is 5.03. The van der Waals surface area contributed by atoms with E-state index in [0.29, 0.717) is 6.42 Å². The Kier molecular flexibility index (Phi) is 2.22. The second kappa shape index (κ2) is 3.53. The minimum Gasteiger partial charge on any atom is -0.316 e. The number of fused-ring (bicyclic) bond motifs is 1. The van der Waals surface area contributed by atoms with Gasteiger partial charge in [0.25, 0.3) is 0 Å². The first-order valence-electron chi connectivity index (χ1n) is 5.54. The van der Waals surface area contributed by atoms with Gasteiger partial charge in [0.2, 0.25) is 0 Å². The zero-order valence-corrected chi connectivity index (χ0v) is 10.3. The highest BCUT2D eigenvalue weighted by Crippen LogP contribution is 2.29. The summed E-state index contributed by atoms with van der Waals surface area (Å²) in [5.74, 6) is 1.33. The van der Waals surface area contributed by atoms with Gasteiger partial charge >= 0.3 is 0 Å². The van der Waals surface area contributed by atoms with Crippen LogP contribution in [-0.4, -0.2) is 34.5 Å². The predicted molar refractivity (Wildman–Crippen MR) is 64.5 cm³/mol. The van der Waals surface area contributed by atoms with E-state index < -0.39 is 9.84 Å². The molecule has 0 aromatic carbocycles. The van der Waals surface area contributed by atoms with Gasteiger partial charge in [-0.3, -0.25) is 0 Å². The van der Waals surface area contributed by atoms with E-state index in [1.54, 1.807) is 6.20 Å². The summed E-state index contributed by atoms with van der Waals surface area (Å²) in [5, 5.41) is 0. The minimum absolute atomic E-state index is 0.0131. The maximum absolute atomic E-state index is 11.5. The fourth-order valence-corrected chi connectivity index (χ4v) is 4.14. The van der Waals surface area contributed by atoms with Gasteiger partial charge in [0, 0.05) is 19.2 Å². The number of rotatable bonds is 1. The molecule has 1 saturated heterocycles. The summed E-state index contributed by atoms with van der Waals surface area (Å²) in [4.78, 5) is 8.76. The van der Waals surface area contributed by atoms with Gasteiger partial charge in [-0.2, -0.15) is 0 Å². The molecule has 0 saturated carbocycles. The summed E-state index contributed by atoms with van der Waals surface area (Å²) >= 11 is 0. The number of aryl methyl sites for hydroxylation is 1. The van der Waals surface area contributed by atoms with Crippen molar-refractivity contribution in [1.29, 1.82) is 0 Å². The van der Waals surface area contributed by atoms with Crippen molar-refractivity contribution in [2.24, 2.45) is 7.05 Å². The highest BCUT2D eigenvalue weighted by atomic mass is 32.2. The van der Waals surface area contributed by atoms with Crippen LogP contribution in [0.5, 0.6) is 0 Å². The van der Waals surface area contributed by atoms with E-state index in [2.05, 4.69) is 9.97 Å². The van der Waals surface area contributed by atoms with Gasteiger partial charge in [0.15, 0.2) is 15.5 Å². The van der Waals surface area contributed by atoms with E-state index in [-0.39, 0.29) is 17.4 Å². The average Bonchev–Trinajstić information content (AvgIpc) is 2.81. The number of aromatic nitrogens is 3. The maximum atomic E-state index is 11.5. The van der Waals surface area contributed by atoms with Gasteiger partial charge in [-0.05, 0) is 18.6 Å². The van der Waals surface area contributed by atoms with Crippen LogP contribution in [0.15, 0.2) is 18.3 Å². The quantitative estimate of drug-likeness (QED) is 0.754. The molecule has 0 spiro atoms. The highest BCUT2D eigenvalue weighted by molar-refractivity contribution is 7.91. The molecule has 3 rings (SSSR count). The lowest BCUT2D eigenvalue weighted by molar-refractivity contribution is 0.600. The van der Waals surface area contributed by atoms with Crippen molar-refractivity contribution >= 4 is 21.0 Å². The molecule has 2 aromatic rings. The molecule has 1 atom stereocenters. The molecule has 90 valence electrons. The summed E-state index contributed by atoms with van der Waals surface area (Å²) in [6.45, 7) is 0. The first-order valence-corrected chi connectivity index (χ1v) is 7.37. The molecule has 1 fully saturated rings. The van der Waals surface area contributed by atoms with Crippen LogP contribution < -0.4 is 0 Å². The standard InChI is InChI=1S/C11H13N3O2S/c1-14-10(8-4-6-17(15,16)7-8)13-9-3-2-5-12-11(9)14/h2-3,5,8H,4,6-7H2,1H3. The number of hydrogen-bond acceptors (Lipinski definition) is 4. The van der Waals surface area contributed by atoms with E-state index in [9.17, 15) is 8.42 Å². The summed E-state index contributed by atoms with van der Waals surface area (Å²) in [7, 11) is -0.980. The molecule has 1 aliphatic rings. The lowest BCUT2D eigenvalue weighted by Crippen LogP contribution is -2.08. The molecule has 0 amide bonds. The van der Waals surface area contributed by atoms with Crippen LogP contribution in [0.1, 0.15) is 18.2 Å². The number of nitrogens with zero attached hydrogens (tertiary/aromatic N) is 3. The molecule has 3 heterocycles. The summed E-state index contributed by atoms with van der Waals surface area (Å²) in [6.07, 6.45) is 2.39. The van der Waals surface area contributed by atoms with Gasteiger partial charge in [-0.15, -0.1) is 0 Å². The Morgan fingerprint density at radius 2 is 2.29 bits per heavy atom. The maximum Gasteiger partial charge on any atom is 0.159 e. The third-order valence-electron chi connectivity index (χ3n) is 3.26. The van der Waals surface area contributed by atoms with E-state index in [1.165, 1.54) is 0 Å². The van der Waals surface area contributed by atoms with Gasteiger partial charge < -0.3 is 4.57 Å². The van der Waals surface area contributed by atoms with Crippen LogP contribution in [0.3, 0.4) is 0 Å². The second-order valence-corrected chi connectivity index (χ2v) is 6.70. The molecule has 0 N–H and O–H groups in total. The molecule has 17 heavy (non-hydrogen) atoms. The monoisotopic (exact) mass is 251 g/mol. The fourth-order valence-electron chi connectivity index (χ4n) is 2.40. The van der Waals surface area contributed by atoms with Crippen LogP contribution in [0.2, 0.25) is 0 Å². The Morgan fingerprint density at radius 1 is 1.47 bits per heavy atom. The van der Waals surface area contributed by atoms with Crippen molar-refractivity contribution in [2.45, 2.75) is 12.3 Å².